The minimum Gasteiger partial charge on any atom is -0.324 e. The average Bonchev–Trinajstić information content (AvgIpc) is 3.07. The number of carbonyl (C=O) groups excluding carboxylic acids is 1. The van der Waals surface area contributed by atoms with Crippen LogP contribution in [0, 0.1) is 12.7 Å². The number of fused-ring (bicyclic) bond motifs is 3. The lowest BCUT2D eigenvalue weighted by Crippen LogP contribution is -2.35. The Kier molecular flexibility index (Phi) is 4.68. The minimum absolute atomic E-state index is 0.292. The second kappa shape index (κ2) is 7.16. The smallest absolute Gasteiger partial charge is 0.276 e. The fourth-order valence-electron chi connectivity index (χ4n) is 3.35. The molecule has 2 aromatic heterocycles. The topological polar surface area (TPSA) is 64.0 Å². The van der Waals surface area contributed by atoms with Gasteiger partial charge in [0.25, 0.3) is 5.56 Å². The van der Waals surface area contributed by atoms with E-state index in [1.807, 2.05) is 38.1 Å². The van der Waals surface area contributed by atoms with Crippen molar-refractivity contribution in [1.29, 1.82) is 0 Å². The van der Waals surface area contributed by atoms with Crippen LogP contribution >= 0.6 is 11.3 Å². The van der Waals surface area contributed by atoms with Crippen LogP contribution in [0.5, 0.6) is 0 Å². The lowest BCUT2D eigenvalue weighted by molar-refractivity contribution is -0.119. The van der Waals surface area contributed by atoms with Gasteiger partial charge in [-0.3, -0.25) is 9.59 Å². The van der Waals surface area contributed by atoms with Gasteiger partial charge in [-0.05, 0) is 37.6 Å². The van der Waals surface area contributed by atoms with E-state index >= 15 is 0 Å². The van der Waals surface area contributed by atoms with Gasteiger partial charge in [-0.25, -0.2) is 9.07 Å². The Morgan fingerprint density at radius 2 is 2.04 bits per heavy atom. The number of thiophene rings is 1. The highest BCUT2D eigenvalue weighted by molar-refractivity contribution is 7.26. The molecule has 1 atom stereocenters. The van der Waals surface area contributed by atoms with E-state index in [2.05, 4.69) is 10.4 Å². The summed E-state index contributed by atoms with van der Waals surface area (Å²) in [5.74, 6) is -0.843. The highest BCUT2D eigenvalue weighted by Gasteiger charge is 2.24. The Hall–Kier alpha value is -3.06. The molecule has 0 aliphatic heterocycles. The summed E-state index contributed by atoms with van der Waals surface area (Å²) in [5.41, 5.74) is 0.752. The van der Waals surface area contributed by atoms with E-state index in [1.54, 1.807) is 6.07 Å². The largest absolute Gasteiger partial charge is 0.324 e. The molecule has 2 heterocycles. The van der Waals surface area contributed by atoms with E-state index in [9.17, 15) is 14.0 Å². The molecule has 0 bridgehead atoms. The molecule has 28 heavy (non-hydrogen) atoms. The van der Waals surface area contributed by atoms with E-state index in [1.165, 1.54) is 34.2 Å². The predicted molar refractivity (Wildman–Crippen MR) is 110 cm³/mol. The SMILES string of the molecule is CC[C@@H](C(=O)Nc1cccc(F)c1)n1nc(C)c2sc3ccccc3c2c1=O. The van der Waals surface area contributed by atoms with Gasteiger partial charge in [0, 0.05) is 15.8 Å². The summed E-state index contributed by atoms with van der Waals surface area (Å²) in [5, 5.41) is 8.56. The zero-order valence-corrected chi connectivity index (χ0v) is 16.2. The number of hydrogen-bond donors (Lipinski definition) is 1. The summed E-state index contributed by atoms with van der Waals surface area (Å²) in [4.78, 5) is 26.1. The summed E-state index contributed by atoms with van der Waals surface area (Å²) in [6.45, 7) is 3.65. The molecule has 1 N–H and O–H groups in total. The number of benzene rings is 2. The van der Waals surface area contributed by atoms with Gasteiger partial charge in [-0.2, -0.15) is 5.10 Å². The van der Waals surface area contributed by atoms with Gasteiger partial charge >= 0.3 is 0 Å². The Balaban J connectivity index is 1.82. The fourth-order valence-corrected chi connectivity index (χ4v) is 4.49. The van der Waals surface area contributed by atoms with Crippen molar-refractivity contribution in [3.63, 3.8) is 0 Å². The normalized spacial score (nSPS) is 12.4. The van der Waals surface area contributed by atoms with E-state index in [0.717, 1.165) is 14.8 Å². The lowest BCUT2D eigenvalue weighted by atomic mass is 10.1. The van der Waals surface area contributed by atoms with Crippen LogP contribution in [0.2, 0.25) is 0 Å². The molecule has 5 nitrogen and oxygen atoms in total. The standard InChI is InChI=1S/C21H18FN3O2S/c1-3-16(20(26)23-14-8-6-7-13(22)11-14)25-21(27)18-15-9-4-5-10-17(15)28-19(18)12(2)24-25/h4-11,16H,3H2,1-2H3,(H,23,26)/t16-/m0/s1. The van der Waals surface area contributed by atoms with Gasteiger partial charge in [0.2, 0.25) is 5.91 Å². The molecule has 0 aliphatic rings. The third kappa shape index (κ3) is 3.07. The number of carbonyl (C=O) groups is 1. The number of halogens is 1. The monoisotopic (exact) mass is 395 g/mol. The third-order valence-corrected chi connectivity index (χ3v) is 5.96. The van der Waals surface area contributed by atoms with Crippen LogP contribution in [-0.4, -0.2) is 15.7 Å². The van der Waals surface area contributed by atoms with Gasteiger partial charge in [0.15, 0.2) is 0 Å². The molecule has 0 unspecified atom stereocenters. The molecular formula is C21H18FN3O2S. The first-order valence-electron chi connectivity index (χ1n) is 8.96. The molecule has 0 radical (unpaired) electrons. The van der Waals surface area contributed by atoms with E-state index in [4.69, 9.17) is 0 Å². The molecule has 142 valence electrons. The van der Waals surface area contributed by atoms with Crippen molar-refractivity contribution in [2.75, 3.05) is 5.32 Å². The van der Waals surface area contributed by atoms with Gasteiger partial charge < -0.3 is 5.32 Å². The number of nitrogens with zero attached hydrogens (tertiary/aromatic N) is 2. The average molecular weight is 395 g/mol. The second-order valence-corrected chi connectivity index (χ2v) is 7.61. The molecule has 0 spiro atoms. The summed E-state index contributed by atoms with van der Waals surface area (Å²) in [6, 6.07) is 12.6. The maximum Gasteiger partial charge on any atom is 0.276 e. The van der Waals surface area contributed by atoms with Crippen molar-refractivity contribution in [3.8, 4) is 0 Å². The molecular weight excluding hydrogens is 377 g/mol. The lowest BCUT2D eigenvalue weighted by Gasteiger charge is -2.17. The van der Waals surface area contributed by atoms with Crippen LogP contribution < -0.4 is 10.9 Å². The summed E-state index contributed by atoms with van der Waals surface area (Å²) in [7, 11) is 0. The number of rotatable bonds is 4. The van der Waals surface area contributed by atoms with Crippen molar-refractivity contribution in [3.05, 3.63) is 70.4 Å². The maximum atomic E-state index is 13.4. The summed E-state index contributed by atoms with van der Waals surface area (Å²) in [6.07, 6.45) is 0.376. The van der Waals surface area contributed by atoms with E-state index in [-0.39, 0.29) is 5.56 Å². The van der Waals surface area contributed by atoms with Crippen molar-refractivity contribution in [1.82, 2.24) is 9.78 Å². The second-order valence-electron chi connectivity index (χ2n) is 6.56. The zero-order valence-electron chi connectivity index (χ0n) is 15.4. The Bertz CT molecular complexity index is 1260. The predicted octanol–water partition coefficient (Wildman–Crippen LogP) is 4.65. The maximum absolute atomic E-state index is 13.4. The number of hydrogen-bond acceptors (Lipinski definition) is 4. The Morgan fingerprint density at radius 1 is 1.25 bits per heavy atom. The molecule has 0 aliphatic carbocycles. The van der Waals surface area contributed by atoms with Gasteiger partial charge in [-0.1, -0.05) is 31.2 Å². The molecule has 0 saturated carbocycles. The molecule has 2 aromatic carbocycles. The Morgan fingerprint density at radius 3 is 2.79 bits per heavy atom. The zero-order chi connectivity index (χ0) is 19.8. The number of aromatic nitrogens is 2. The quantitative estimate of drug-likeness (QED) is 0.547. The van der Waals surface area contributed by atoms with Crippen LogP contribution in [0.1, 0.15) is 25.1 Å². The van der Waals surface area contributed by atoms with Gasteiger partial charge in [-0.15, -0.1) is 11.3 Å². The highest BCUT2D eigenvalue weighted by atomic mass is 32.1. The number of nitrogens with one attached hydrogen (secondary N) is 1. The molecule has 4 aromatic rings. The first kappa shape index (κ1) is 18.3. The molecule has 1 amide bonds. The first-order valence-corrected chi connectivity index (χ1v) is 9.78. The van der Waals surface area contributed by atoms with Crippen LogP contribution in [0.3, 0.4) is 0 Å². The molecule has 4 rings (SSSR count). The molecule has 0 saturated heterocycles. The summed E-state index contributed by atoms with van der Waals surface area (Å²) >= 11 is 1.53. The Labute approximate surface area is 164 Å². The van der Waals surface area contributed by atoms with Crippen LogP contribution in [-0.2, 0) is 4.79 Å². The van der Waals surface area contributed by atoms with Crippen LogP contribution in [0.4, 0.5) is 10.1 Å². The number of aryl methyl sites for hydroxylation is 1. The van der Waals surface area contributed by atoms with E-state index in [0.29, 0.717) is 23.2 Å². The molecule has 0 fully saturated rings. The number of amides is 1. The van der Waals surface area contributed by atoms with Crippen molar-refractivity contribution < 1.29 is 9.18 Å². The van der Waals surface area contributed by atoms with Crippen molar-refractivity contribution >= 4 is 43.1 Å². The minimum atomic E-state index is -0.794. The number of anilines is 1. The van der Waals surface area contributed by atoms with Gasteiger partial charge in [0.1, 0.15) is 11.9 Å². The highest BCUT2D eigenvalue weighted by Crippen LogP contribution is 2.33. The van der Waals surface area contributed by atoms with E-state index < -0.39 is 17.8 Å². The molecule has 7 heteroatoms. The summed E-state index contributed by atoms with van der Waals surface area (Å²) < 4.78 is 16.5. The van der Waals surface area contributed by atoms with Crippen molar-refractivity contribution in [2.45, 2.75) is 26.3 Å². The van der Waals surface area contributed by atoms with Crippen LogP contribution in [0.15, 0.2) is 53.3 Å². The van der Waals surface area contributed by atoms with Gasteiger partial charge in [0.05, 0.1) is 15.8 Å². The third-order valence-electron chi connectivity index (χ3n) is 4.68. The first-order chi connectivity index (χ1) is 13.5. The van der Waals surface area contributed by atoms with Crippen molar-refractivity contribution in [2.24, 2.45) is 0 Å². The van der Waals surface area contributed by atoms with Crippen LogP contribution in [0.25, 0.3) is 20.2 Å². The fraction of sp³-hybridized carbons (Fsp3) is 0.190.